The zero-order valence-electron chi connectivity index (χ0n) is 10.2. The van der Waals surface area contributed by atoms with E-state index in [1.54, 1.807) is 7.11 Å². The van der Waals surface area contributed by atoms with Crippen LogP contribution in [0.15, 0.2) is 30.9 Å². The molecule has 0 aromatic heterocycles. The van der Waals surface area contributed by atoms with E-state index in [4.69, 9.17) is 10.5 Å². The summed E-state index contributed by atoms with van der Waals surface area (Å²) >= 11 is 0. The van der Waals surface area contributed by atoms with Crippen molar-refractivity contribution in [3.63, 3.8) is 0 Å². The van der Waals surface area contributed by atoms with Crippen LogP contribution in [0.5, 0.6) is 5.75 Å². The minimum absolute atomic E-state index is 0.115. The van der Waals surface area contributed by atoms with Crippen molar-refractivity contribution in [2.24, 2.45) is 5.73 Å². The number of benzene rings is 1. The van der Waals surface area contributed by atoms with Gasteiger partial charge in [-0.2, -0.15) is 0 Å². The second-order valence-corrected chi connectivity index (χ2v) is 4.06. The summed E-state index contributed by atoms with van der Waals surface area (Å²) in [7, 11) is 1.69. The molecule has 0 aliphatic rings. The lowest BCUT2D eigenvalue weighted by Gasteiger charge is -2.13. The van der Waals surface area contributed by atoms with E-state index in [0.29, 0.717) is 0 Å². The van der Waals surface area contributed by atoms with Crippen molar-refractivity contribution in [1.82, 2.24) is 0 Å². The van der Waals surface area contributed by atoms with Crippen LogP contribution in [-0.4, -0.2) is 7.11 Å². The van der Waals surface area contributed by atoms with Crippen LogP contribution in [0.25, 0.3) is 0 Å². The minimum Gasteiger partial charge on any atom is -0.496 e. The summed E-state index contributed by atoms with van der Waals surface area (Å²) in [6.07, 6.45) is 5.06. The highest BCUT2D eigenvalue weighted by Crippen LogP contribution is 2.23. The molecule has 0 amide bonds. The number of hydrogen-bond acceptors (Lipinski definition) is 2. The number of allylic oxidation sites excluding steroid dienone is 1. The molecule has 1 rings (SSSR count). The Morgan fingerprint density at radius 1 is 1.50 bits per heavy atom. The highest BCUT2D eigenvalue weighted by Gasteiger charge is 2.07. The lowest BCUT2D eigenvalue weighted by Crippen LogP contribution is -2.10. The van der Waals surface area contributed by atoms with Crippen LogP contribution in [0.4, 0.5) is 0 Å². The SMILES string of the molecule is C=CCCCC(N)c1ccc(OC)c(C)c1. The molecule has 88 valence electrons. The molecule has 0 bridgehead atoms. The number of methoxy groups -OCH3 is 1. The van der Waals surface area contributed by atoms with Crippen LogP contribution in [-0.2, 0) is 0 Å². The van der Waals surface area contributed by atoms with Gasteiger partial charge in [-0.15, -0.1) is 6.58 Å². The van der Waals surface area contributed by atoms with E-state index >= 15 is 0 Å². The zero-order valence-corrected chi connectivity index (χ0v) is 10.2. The number of ether oxygens (including phenoxy) is 1. The molecule has 0 heterocycles. The molecule has 0 aliphatic heterocycles. The van der Waals surface area contributed by atoms with Gasteiger partial charge >= 0.3 is 0 Å². The van der Waals surface area contributed by atoms with Crippen LogP contribution in [0.2, 0.25) is 0 Å². The number of rotatable bonds is 6. The van der Waals surface area contributed by atoms with Gasteiger partial charge in [0, 0.05) is 6.04 Å². The number of nitrogens with two attached hydrogens (primary N) is 1. The van der Waals surface area contributed by atoms with Crippen molar-refractivity contribution in [2.75, 3.05) is 7.11 Å². The van der Waals surface area contributed by atoms with Crippen molar-refractivity contribution in [2.45, 2.75) is 32.2 Å². The third kappa shape index (κ3) is 3.38. The predicted octanol–water partition coefficient (Wildman–Crippen LogP) is 3.36. The fraction of sp³-hybridized carbons (Fsp3) is 0.429. The van der Waals surface area contributed by atoms with E-state index in [0.717, 1.165) is 30.6 Å². The summed E-state index contributed by atoms with van der Waals surface area (Å²) in [5, 5.41) is 0. The first-order valence-electron chi connectivity index (χ1n) is 5.70. The Bertz CT molecular complexity index is 347. The molecule has 0 radical (unpaired) electrons. The van der Waals surface area contributed by atoms with Gasteiger partial charge in [-0.1, -0.05) is 18.2 Å². The van der Waals surface area contributed by atoms with Crippen molar-refractivity contribution < 1.29 is 4.74 Å². The van der Waals surface area contributed by atoms with Crippen molar-refractivity contribution in [3.05, 3.63) is 42.0 Å². The molecule has 0 spiro atoms. The quantitative estimate of drug-likeness (QED) is 0.588. The van der Waals surface area contributed by atoms with Gasteiger partial charge in [-0.3, -0.25) is 0 Å². The molecule has 1 unspecified atom stereocenters. The third-order valence-electron chi connectivity index (χ3n) is 2.77. The van der Waals surface area contributed by atoms with Gasteiger partial charge in [0.25, 0.3) is 0 Å². The van der Waals surface area contributed by atoms with Gasteiger partial charge in [0.15, 0.2) is 0 Å². The van der Waals surface area contributed by atoms with Crippen LogP contribution in [0.3, 0.4) is 0 Å². The second kappa shape index (κ2) is 6.33. The number of aryl methyl sites for hydroxylation is 1. The molecule has 0 saturated carbocycles. The Morgan fingerprint density at radius 3 is 2.81 bits per heavy atom. The topological polar surface area (TPSA) is 35.2 Å². The molecule has 0 fully saturated rings. The molecular weight excluding hydrogens is 198 g/mol. The van der Waals surface area contributed by atoms with E-state index in [1.807, 2.05) is 25.1 Å². The van der Waals surface area contributed by atoms with Crippen LogP contribution in [0.1, 0.15) is 36.4 Å². The van der Waals surface area contributed by atoms with Crippen LogP contribution < -0.4 is 10.5 Å². The maximum Gasteiger partial charge on any atom is 0.121 e. The van der Waals surface area contributed by atoms with Gasteiger partial charge in [-0.05, 0) is 43.4 Å². The van der Waals surface area contributed by atoms with Crippen LogP contribution in [0, 0.1) is 6.92 Å². The highest BCUT2D eigenvalue weighted by molar-refractivity contribution is 5.37. The fourth-order valence-corrected chi connectivity index (χ4v) is 1.78. The first kappa shape index (κ1) is 12.8. The van der Waals surface area contributed by atoms with Gasteiger partial charge < -0.3 is 10.5 Å². The normalized spacial score (nSPS) is 12.2. The largest absolute Gasteiger partial charge is 0.496 e. The number of unbranched alkanes of at least 4 members (excludes halogenated alkanes) is 1. The number of hydrogen-bond donors (Lipinski definition) is 1. The van der Waals surface area contributed by atoms with Crippen molar-refractivity contribution >= 4 is 0 Å². The van der Waals surface area contributed by atoms with E-state index in [-0.39, 0.29) is 6.04 Å². The smallest absolute Gasteiger partial charge is 0.121 e. The Hall–Kier alpha value is -1.28. The lowest BCUT2D eigenvalue weighted by atomic mass is 10.00. The molecule has 0 saturated heterocycles. The molecule has 2 N–H and O–H groups in total. The highest BCUT2D eigenvalue weighted by atomic mass is 16.5. The van der Waals surface area contributed by atoms with Crippen molar-refractivity contribution in [1.29, 1.82) is 0 Å². The average molecular weight is 219 g/mol. The maximum atomic E-state index is 6.12. The Balaban J connectivity index is 2.65. The Kier molecular flexibility index (Phi) is 5.06. The first-order chi connectivity index (χ1) is 7.69. The summed E-state index contributed by atoms with van der Waals surface area (Å²) in [4.78, 5) is 0. The van der Waals surface area contributed by atoms with Gasteiger partial charge in [-0.25, -0.2) is 0 Å². The summed E-state index contributed by atoms with van der Waals surface area (Å²) < 4.78 is 5.22. The molecule has 1 atom stereocenters. The molecule has 0 aliphatic carbocycles. The first-order valence-corrected chi connectivity index (χ1v) is 5.70. The van der Waals surface area contributed by atoms with E-state index in [1.165, 1.54) is 5.56 Å². The van der Waals surface area contributed by atoms with Gasteiger partial charge in [0.1, 0.15) is 5.75 Å². The standard InChI is InChI=1S/C14H21NO/c1-4-5-6-7-13(15)12-8-9-14(16-3)11(2)10-12/h4,8-10,13H,1,5-7,15H2,2-3H3. The summed E-state index contributed by atoms with van der Waals surface area (Å²) in [6, 6.07) is 6.25. The minimum atomic E-state index is 0.115. The third-order valence-corrected chi connectivity index (χ3v) is 2.77. The van der Waals surface area contributed by atoms with Crippen molar-refractivity contribution in [3.8, 4) is 5.75 Å². The van der Waals surface area contributed by atoms with Gasteiger partial charge in [0.05, 0.1) is 7.11 Å². The average Bonchev–Trinajstić information content (AvgIpc) is 2.29. The monoisotopic (exact) mass is 219 g/mol. The molecule has 1 aromatic carbocycles. The molecular formula is C14H21NO. The fourth-order valence-electron chi connectivity index (χ4n) is 1.78. The Morgan fingerprint density at radius 2 is 2.25 bits per heavy atom. The summed E-state index contributed by atoms with van der Waals surface area (Å²) in [5.74, 6) is 0.919. The maximum absolute atomic E-state index is 6.12. The summed E-state index contributed by atoms with van der Waals surface area (Å²) in [5.41, 5.74) is 8.44. The van der Waals surface area contributed by atoms with E-state index in [9.17, 15) is 0 Å². The molecule has 16 heavy (non-hydrogen) atoms. The summed E-state index contributed by atoms with van der Waals surface area (Å²) in [6.45, 7) is 5.75. The lowest BCUT2D eigenvalue weighted by molar-refractivity contribution is 0.411. The van der Waals surface area contributed by atoms with E-state index < -0.39 is 0 Å². The Labute approximate surface area is 98.1 Å². The van der Waals surface area contributed by atoms with E-state index in [2.05, 4.69) is 12.6 Å². The molecule has 2 nitrogen and oxygen atoms in total. The molecule has 2 heteroatoms. The predicted molar refractivity (Wildman–Crippen MR) is 68.7 cm³/mol. The molecule has 1 aromatic rings. The van der Waals surface area contributed by atoms with Gasteiger partial charge in [0.2, 0.25) is 0 Å². The zero-order chi connectivity index (χ0) is 12.0. The second-order valence-electron chi connectivity index (χ2n) is 4.06. The van der Waals surface area contributed by atoms with Crippen LogP contribution >= 0.6 is 0 Å².